The van der Waals surface area contributed by atoms with E-state index < -0.39 is 0 Å². The van der Waals surface area contributed by atoms with Gasteiger partial charge < -0.3 is 15.5 Å². The van der Waals surface area contributed by atoms with Crippen molar-refractivity contribution in [3.63, 3.8) is 0 Å². The third kappa shape index (κ3) is 7.39. The number of guanidine groups is 1. The first kappa shape index (κ1) is 23.8. The summed E-state index contributed by atoms with van der Waals surface area (Å²) in [5.74, 6) is 1.16. The minimum absolute atomic E-state index is 0.308. The Morgan fingerprint density at radius 3 is 2.78 bits per heavy atom. The van der Waals surface area contributed by atoms with Crippen molar-refractivity contribution >= 4 is 11.9 Å². The molecule has 1 saturated heterocycles. The molecule has 174 valence electrons. The third-order valence-corrected chi connectivity index (χ3v) is 5.81. The summed E-state index contributed by atoms with van der Waals surface area (Å²) in [6.45, 7) is 8.28. The van der Waals surface area contributed by atoms with E-state index in [0.29, 0.717) is 12.3 Å². The molecule has 0 unspecified atom stereocenters. The SMILES string of the molecule is CCNC(=NCCCN1CCCCCC1=O)NCCCc1cn(-c2ccccc2)nc1C. The fraction of sp³-hybridized carbons (Fsp3) is 0.560. The van der Waals surface area contributed by atoms with E-state index in [1.807, 2.05) is 27.8 Å². The van der Waals surface area contributed by atoms with Crippen LogP contribution in [0.25, 0.3) is 5.69 Å². The van der Waals surface area contributed by atoms with Gasteiger partial charge in [-0.3, -0.25) is 9.79 Å². The van der Waals surface area contributed by atoms with Gasteiger partial charge in [0, 0.05) is 45.3 Å². The summed E-state index contributed by atoms with van der Waals surface area (Å²) in [5.41, 5.74) is 3.45. The van der Waals surface area contributed by atoms with Gasteiger partial charge in [0.25, 0.3) is 0 Å². The van der Waals surface area contributed by atoms with Gasteiger partial charge in [0.2, 0.25) is 5.91 Å². The van der Waals surface area contributed by atoms with Crippen molar-refractivity contribution in [1.82, 2.24) is 25.3 Å². The lowest BCUT2D eigenvalue weighted by Gasteiger charge is -2.20. The lowest BCUT2D eigenvalue weighted by molar-refractivity contribution is -0.130. The standard InChI is InChI=1S/C25H38N6O/c1-3-26-25(28-17-11-19-30-18-9-5-8-15-24(30)32)27-16-10-12-22-20-31(29-21(22)2)23-13-6-4-7-14-23/h4,6-7,13-14,20H,3,5,8-12,15-19H2,1-2H3,(H2,26,27,28). The van der Waals surface area contributed by atoms with Gasteiger partial charge in [-0.15, -0.1) is 0 Å². The van der Waals surface area contributed by atoms with E-state index in [1.54, 1.807) is 0 Å². The van der Waals surface area contributed by atoms with Crippen molar-refractivity contribution in [3.8, 4) is 5.69 Å². The van der Waals surface area contributed by atoms with E-state index in [4.69, 9.17) is 4.99 Å². The maximum Gasteiger partial charge on any atom is 0.222 e. The number of likely N-dealkylation sites (tertiary alicyclic amines) is 1. The molecule has 0 aliphatic carbocycles. The van der Waals surface area contributed by atoms with Crippen LogP contribution < -0.4 is 10.6 Å². The van der Waals surface area contributed by atoms with Crippen molar-refractivity contribution in [3.05, 3.63) is 47.8 Å². The molecule has 0 bridgehead atoms. The third-order valence-electron chi connectivity index (χ3n) is 5.81. The van der Waals surface area contributed by atoms with E-state index in [0.717, 1.165) is 82.2 Å². The summed E-state index contributed by atoms with van der Waals surface area (Å²) in [5, 5.41) is 11.4. The number of aliphatic imine (C=N–C) groups is 1. The van der Waals surface area contributed by atoms with Gasteiger partial charge in [0.05, 0.1) is 11.4 Å². The summed E-state index contributed by atoms with van der Waals surface area (Å²) >= 11 is 0. The van der Waals surface area contributed by atoms with Crippen molar-refractivity contribution in [2.45, 2.75) is 58.8 Å². The number of rotatable bonds is 10. The number of carbonyl (C=O) groups excluding carboxylic acids is 1. The minimum Gasteiger partial charge on any atom is -0.357 e. The Morgan fingerprint density at radius 2 is 1.97 bits per heavy atom. The molecule has 0 spiro atoms. The van der Waals surface area contributed by atoms with E-state index in [9.17, 15) is 4.79 Å². The van der Waals surface area contributed by atoms with Gasteiger partial charge in [0.1, 0.15) is 0 Å². The van der Waals surface area contributed by atoms with Crippen LogP contribution in [0, 0.1) is 6.92 Å². The summed E-state index contributed by atoms with van der Waals surface area (Å²) < 4.78 is 1.96. The number of carbonyl (C=O) groups is 1. The Hall–Kier alpha value is -2.83. The Bertz CT molecular complexity index is 861. The number of nitrogens with zero attached hydrogens (tertiary/aromatic N) is 4. The number of benzene rings is 1. The van der Waals surface area contributed by atoms with Gasteiger partial charge >= 0.3 is 0 Å². The molecule has 2 heterocycles. The first-order valence-electron chi connectivity index (χ1n) is 12.1. The maximum absolute atomic E-state index is 12.1. The number of nitrogens with one attached hydrogen (secondary N) is 2. The largest absolute Gasteiger partial charge is 0.357 e. The zero-order chi connectivity index (χ0) is 22.6. The topological polar surface area (TPSA) is 74.6 Å². The van der Waals surface area contributed by atoms with Crippen LogP contribution in [0.15, 0.2) is 41.5 Å². The second-order valence-corrected chi connectivity index (χ2v) is 8.36. The van der Waals surface area contributed by atoms with Gasteiger partial charge in [-0.2, -0.15) is 5.10 Å². The van der Waals surface area contributed by atoms with Crippen molar-refractivity contribution < 1.29 is 4.79 Å². The average molecular weight is 439 g/mol. The fourth-order valence-electron chi connectivity index (χ4n) is 4.01. The zero-order valence-electron chi connectivity index (χ0n) is 19.6. The zero-order valence-corrected chi connectivity index (χ0v) is 19.6. The first-order valence-corrected chi connectivity index (χ1v) is 12.1. The van der Waals surface area contributed by atoms with Crippen LogP contribution in [-0.2, 0) is 11.2 Å². The summed E-state index contributed by atoms with van der Waals surface area (Å²) in [6.07, 6.45) is 9.06. The minimum atomic E-state index is 0.308. The van der Waals surface area contributed by atoms with Gasteiger partial charge in [-0.1, -0.05) is 24.6 Å². The first-order chi connectivity index (χ1) is 15.7. The van der Waals surface area contributed by atoms with Crippen molar-refractivity contribution in [1.29, 1.82) is 0 Å². The highest BCUT2D eigenvalue weighted by atomic mass is 16.2. The van der Waals surface area contributed by atoms with E-state index in [-0.39, 0.29) is 0 Å². The Balaban J connectivity index is 1.40. The molecule has 1 amide bonds. The predicted octanol–water partition coefficient (Wildman–Crippen LogP) is 3.46. The molecule has 0 saturated carbocycles. The van der Waals surface area contributed by atoms with Gasteiger partial charge in [0.15, 0.2) is 5.96 Å². The smallest absolute Gasteiger partial charge is 0.222 e. The molecule has 1 aromatic heterocycles. The van der Waals surface area contributed by atoms with Crippen LogP contribution in [-0.4, -0.2) is 59.3 Å². The molecule has 2 aromatic rings. The van der Waals surface area contributed by atoms with E-state index in [1.165, 1.54) is 12.0 Å². The lowest BCUT2D eigenvalue weighted by Crippen LogP contribution is -2.38. The van der Waals surface area contributed by atoms with Crippen LogP contribution in [0.5, 0.6) is 0 Å². The summed E-state index contributed by atoms with van der Waals surface area (Å²) in [6, 6.07) is 10.2. The molecule has 1 aliphatic rings. The second-order valence-electron chi connectivity index (χ2n) is 8.36. The molecule has 32 heavy (non-hydrogen) atoms. The Kier molecular flexibility index (Phi) is 9.60. The number of aromatic nitrogens is 2. The molecule has 2 N–H and O–H groups in total. The summed E-state index contributed by atoms with van der Waals surface area (Å²) in [7, 11) is 0. The highest BCUT2D eigenvalue weighted by Crippen LogP contribution is 2.13. The Morgan fingerprint density at radius 1 is 1.12 bits per heavy atom. The number of hydrogen-bond acceptors (Lipinski definition) is 3. The Labute approximate surface area is 192 Å². The molecule has 1 aromatic carbocycles. The van der Waals surface area contributed by atoms with E-state index in [2.05, 4.69) is 47.9 Å². The molecule has 7 nitrogen and oxygen atoms in total. The molecule has 0 atom stereocenters. The number of amides is 1. The fourth-order valence-corrected chi connectivity index (χ4v) is 4.01. The molecule has 1 fully saturated rings. The molecular formula is C25H38N6O. The molecule has 3 rings (SSSR count). The van der Waals surface area contributed by atoms with Crippen LogP contribution in [0.4, 0.5) is 0 Å². The number of para-hydroxylation sites is 1. The number of aryl methyl sites for hydroxylation is 2. The average Bonchev–Trinajstić information content (AvgIpc) is 3.05. The monoisotopic (exact) mass is 438 g/mol. The quantitative estimate of drug-likeness (QED) is 0.338. The van der Waals surface area contributed by atoms with Gasteiger partial charge in [-0.25, -0.2) is 4.68 Å². The van der Waals surface area contributed by atoms with Crippen LogP contribution in [0.1, 0.15) is 56.7 Å². The van der Waals surface area contributed by atoms with Crippen molar-refractivity contribution in [2.24, 2.45) is 4.99 Å². The number of hydrogen-bond donors (Lipinski definition) is 2. The van der Waals surface area contributed by atoms with E-state index >= 15 is 0 Å². The normalized spacial score (nSPS) is 15.0. The highest BCUT2D eigenvalue weighted by molar-refractivity contribution is 5.79. The molecule has 0 radical (unpaired) electrons. The second kappa shape index (κ2) is 12.9. The highest BCUT2D eigenvalue weighted by Gasteiger charge is 2.15. The van der Waals surface area contributed by atoms with Crippen LogP contribution in [0.3, 0.4) is 0 Å². The molecular weight excluding hydrogens is 400 g/mol. The van der Waals surface area contributed by atoms with Crippen LogP contribution in [0.2, 0.25) is 0 Å². The predicted molar refractivity (Wildman–Crippen MR) is 130 cm³/mol. The molecule has 7 heteroatoms. The maximum atomic E-state index is 12.1. The molecule has 1 aliphatic heterocycles. The summed E-state index contributed by atoms with van der Waals surface area (Å²) in [4.78, 5) is 18.8. The van der Waals surface area contributed by atoms with Crippen LogP contribution >= 0.6 is 0 Å². The lowest BCUT2D eigenvalue weighted by atomic mass is 10.1. The van der Waals surface area contributed by atoms with Gasteiger partial charge in [-0.05, 0) is 63.6 Å². The van der Waals surface area contributed by atoms with Crippen molar-refractivity contribution in [2.75, 3.05) is 32.7 Å².